The number of carbonyl (C=O) groups excluding carboxylic acids is 2. The van der Waals surface area contributed by atoms with Gasteiger partial charge in [0.25, 0.3) is 5.69 Å². The van der Waals surface area contributed by atoms with Gasteiger partial charge in [-0.05, 0) is 19.4 Å². The lowest BCUT2D eigenvalue weighted by Crippen LogP contribution is -2.28. The molecule has 2 atom stereocenters. The molecule has 0 aromatic heterocycles. The van der Waals surface area contributed by atoms with Crippen molar-refractivity contribution >= 4 is 40.1 Å². The van der Waals surface area contributed by atoms with Gasteiger partial charge in [-0.2, -0.15) is 0 Å². The van der Waals surface area contributed by atoms with E-state index in [-0.39, 0.29) is 29.7 Å². The van der Waals surface area contributed by atoms with E-state index in [1.54, 1.807) is 0 Å². The molecule has 2 amide bonds. The van der Waals surface area contributed by atoms with Crippen LogP contribution in [0.25, 0.3) is 0 Å². The van der Waals surface area contributed by atoms with Crippen molar-refractivity contribution in [1.29, 1.82) is 0 Å². The number of non-ortho nitro benzene ring substituents is 1. The van der Waals surface area contributed by atoms with Crippen molar-refractivity contribution in [3.8, 4) is 5.75 Å². The number of amidine groups is 1. The van der Waals surface area contributed by atoms with E-state index in [0.717, 1.165) is 6.42 Å². The van der Waals surface area contributed by atoms with Crippen LogP contribution in [0.5, 0.6) is 5.75 Å². The second-order valence-corrected chi connectivity index (χ2v) is 6.87. The molecule has 0 bridgehead atoms. The van der Waals surface area contributed by atoms with Gasteiger partial charge in [-0.25, -0.2) is 0 Å². The molecule has 1 heterocycles. The van der Waals surface area contributed by atoms with E-state index in [0.29, 0.717) is 10.9 Å². The number of nitro groups is 1. The number of nitrogens with zero attached hydrogens (tertiary/aromatic N) is 2. The zero-order chi connectivity index (χ0) is 19.3. The van der Waals surface area contributed by atoms with E-state index < -0.39 is 16.1 Å². The number of methoxy groups -OCH3 is 1. The summed E-state index contributed by atoms with van der Waals surface area (Å²) in [7, 11) is 1.40. The van der Waals surface area contributed by atoms with Crippen molar-refractivity contribution < 1.29 is 19.2 Å². The van der Waals surface area contributed by atoms with Gasteiger partial charge in [-0.1, -0.05) is 18.7 Å². The zero-order valence-electron chi connectivity index (χ0n) is 14.6. The van der Waals surface area contributed by atoms with Crippen LogP contribution in [-0.4, -0.2) is 40.3 Å². The minimum absolute atomic E-state index is 0.0815. The molecule has 1 aliphatic rings. The summed E-state index contributed by atoms with van der Waals surface area (Å²) in [6.07, 6.45) is 0.763. The maximum absolute atomic E-state index is 12.3. The molecule has 1 aromatic carbocycles. The fourth-order valence-corrected chi connectivity index (χ4v) is 3.24. The number of ether oxygens (including phenoxy) is 1. The molecule has 1 aliphatic heterocycles. The van der Waals surface area contributed by atoms with Crippen LogP contribution >= 0.6 is 11.8 Å². The predicted molar refractivity (Wildman–Crippen MR) is 99.6 cm³/mol. The average molecular weight is 380 g/mol. The molecule has 1 saturated heterocycles. The van der Waals surface area contributed by atoms with Crippen molar-refractivity contribution in [2.24, 2.45) is 4.99 Å². The molecular weight excluding hydrogens is 360 g/mol. The molecule has 0 aliphatic carbocycles. The molecule has 0 radical (unpaired) electrons. The van der Waals surface area contributed by atoms with Crippen molar-refractivity contribution in [1.82, 2.24) is 5.32 Å². The van der Waals surface area contributed by atoms with Crippen LogP contribution in [-0.2, 0) is 9.59 Å². The standard InChI is InChI=1S/C16H20N4O5S/c1-4-9(2)17-16-19-15(22)13(26-16)8-14(21)18-11-7-10(20(23)24)5-6-12(11)25-3/h5-7,9,13H,4,8H2,1-3H3,(H,18,21)(H,17,19,22). The quantitative estimate of drug-likeness (QED) is 0.553. The first-order valence-corrected chi connectivity index (χ1v) is 8.89. The Hall–Kier alpha value is -2.62. The van der Waals surface area contributed by atoms with Crippen LogP contribution < -0.4 is 15.4 Å². The average Bonchev–Trinajstić information content (AvgIpc) is 2.93. The van der Waals surface area contributed by atoms with Crippen molar-refractivity contribution in [3.63, 3.8) is 0 Å². The van der Waals surface area contributed by atoms with Crippen LogP contribution in [0.15, 0.2) is 23.2 Å². The fraction of sp³-hybridized carbons (Fsp3) is 0.438. The van der Waals surface area contributed by atoms with Crippen LogP contribution in [0, 0.1) is 10.1 Å². The second kappa shape index (κ2) is 8.65. The van der Waals surface area contributed by atoms with Gasteiger partial charge in [0, 0.05) is 24.6 Å². The van der Waals surface area contributed by atoms with Gasteiger partial charge in [0.05, 0.1) is 17.7 Å². The van der Waals surface area contributed by atoms with Gasteiger partial charge >= 0.3 is 0 Å². The zero-order valence-corrected chi connectivity index (χ0v) is 15.5. The number of carbonyl (C=O) groups is 2. The number of aliphatic imine (C=N–C) groups is 1. The van der Waals surface area contributed by atoms with Crippen molar-refractivity contribution in [2.75, 3.05) is 12.4 Å². The Morgan fingerprint density at radius 1 is 1.54 bits per heavy atom. The lowest BCUT2D eigenvalue weighted by atomic mass is 10.2. The Morgan fingerprint density at radius 3 is 2.88 bits per heavy atom. The van der Waals surface area contributed by atoms with E-state index in [4.69, 9.17) is 4.74 Å². The SMILES string of the molecule is CCC(C)N=C1NC(=O)C(CC(=O)Nc2cc([N+](=O)[O-])ccc2OC)S1. The minimum atomic E-state index is -0.595. The maximum Gasteiger partial charge on any atom is 0.271 e. The first-order valence-electron chi connectivity index (χ1n) is 8.01. The smallest absolute Gasteiger partial charge is 0.271 e. The van der Waals surface area contributed by atoms with Gasteiger partial charge in [0.1, 0.15) is 11.0 Å². The summed E-state index contributed by atoms with van der Waals surface area (Å²) in [6, 6.07) is 3.99. The summed E-state index contributed by atoms with van der Waals surface area (Å²) < 4.78 is 5.10. The first-order chi connectivity index (χ1) is 12.3. The van der Waals surface area contributed by atoms with Crippen LogP contribution in [0.4, 0.5) is 11.4 Å². The molecular formula is C16H20N4O5S. The summed E-state index contributed by atoms with van der Waals surface area (Å²) in [5.74, 6) is -0.425. The van der Waals surface area contributed by atoms with Gasteiger partial charge in [0.15, 0.2) is 5.17 Å². The summed E-state index contributed by atoms with van der Waals surface area (Å²) in [4.78, 5) is 39.0. The predicted octanol–water partition coefficient (Wildman–Crippen LogP) is 2.32. The summed E-state index contributed by atoms with van der Waals surface area (Å²) >= 11 is 1.21. The van der Waals surface area contributed by atoms with Crippen LogP contribution in [0.2, 0.25) is 0 Å². The number of nitro benzene ring substituents is 1. The Bertz CT molecular complexity index is 752. The normalized spacial score (nSPS) is 19.1. The molecule has 2 unspecified atom stereocenters. The summed E-state index contributed by atoms with van der Waals surface area (Å²) in [5, 5.41) is 16.0. The summed E-state index contributed by atoms with van der Waals surface area (Å²) in [5.41, 5.74) is 0.0145. The van der Waals surface area contributed by atoms with Crippen LogP contribution in [0.1, 0.15) is 26.7 Å². The third kappa shape index (κ3) is 4.94. The Kier molecular flexibility index (Phi) is 6.56. The highest BCUT2D eigenvalue weighted by Gasteiger charge is 2.32. The van der Waals surface area contributed by atoms with E-state index in [1.807, 2.05) is 13.8 Å². The van der Waals surface area contributed by atoms with E-state index in [9.17, 15) is 19.7 Å². The van der Waals surface area contributed by atoms with Gasteiger partial charge < -0.3 is 15.4 Å². The van der Waals surface area contributed by atoms with Crippen LogP contribution in [0.3, 0.4) is 0 Å². The molecule has 0 saturated carbocycles. The molecule has 2 N–H and O–H groups in total. The Morgan fingerprint density at radius 2 is 2.27 bits per heavy atom. The van der Waals surface area contributed by atoms with Crippen molar-refractivity contribution in [3.05, 3.63) is 28.3 Å². The van der Waals surface area contributed by atoms with Crippen molar-refractivity contribution in [2.45, 2.75) is 38.0 Å². The molecule has 1 aromatic rings. The van der Waals surface area contributed by atoms with E-state index in [1.165, 1.54) is 37.1 Å². The number of thioether (sulfide) groups is 1. The molecule has 1 fully saturated rings. The molecule has 9 nitrogen and oxygen atoms in total. The molecule has 10 heteroatoms. The maximum atomic E-state index is 12.3. The highest BCUT2D eigenvalue weighted by molar-refractivity contribution is 8.15. The first kappa shape index (κ1) is 19.7. The van der Waals surface area contributed by atoms with E-state index >= 15 is 0 Å². The lowest BCUT2D eigenvalue weighted by Gasteiger charge is -2.11. The monoisotopic (exact) mass is 380 g/mol. The Balaban J connectivity index is 2.05. The summed E-state index contributed by atoms with van der Waals surface area (Å²) in [6.45, 7) is 3.93. The molecule has 2 rings (SSSR count). The largest absolute Gasteiger partial charge is 0.495 e. The number of rotatable bonds is 7. The number of benzene rings is 1. The fourth-order valence-electron chi connectivity index (χ4n) is 2.17. The lowest BCUT2D eigenvalue weighted by molar-refractivity contribution is -0.384. The third-order valence-electron chi connectivity index (χ3n) is 3.74. The highest BCUT2D eigenvalue weighted by Crippen LogP contribution is 2.30. The number of amides is 2. The number of hydrogen-bond donors (Lipinski definition) is 2. The number of anilines is 1. The highest BCUT2D eigenvalue weighted by atomic mass is 32.2. The van der Waals surface area contributed by atoms with Gasteiger partial charge in [0.2, 0.25) is 11.8 Å². The van der Waals surface area contributed by atoms with E-state index in [2.05, 4.69) is 15.6 Å². The number of hydrogen-bond acceptors (Lipinski definition) is 7. The molecule has 140 valence electrons. The number of nitrogens with one attached hydrogen (secondary N) is 2. The molecule has 26 heavy (non-hydrogen) atoms. The second-order valence-electron chi connectivity index (χ2n) is 5.68. The van der Waals surface area contributed by atoms with Gasteiger partial charge in [-0.3, -0.25) is 24.7 Å². The Labute approximate surface area is 154 Å². The topological polar surface area (TPSA) is 123 Å². The molecule has 0 spiro atoms. The third-order valence-corrected chi connectivity index (χ3v) is 4.84. The minimum Gasteiger partial charge on any atom is -0.495 e. The van der Waals surface area contributed by atoms with Gasteiger partial charge in [-0.15, -0.1) is 0 Å².